The molecule has 1 saturated heterocycles. The highest BCUT2D eigenvalue weighted by molar-refractivity contribution is 5.76. The smallest absolute Gasteiger partial charge is 0.266 e. The Morgan fingerprint density at radius 3 is 2.67 bits per heavy atom. The van der Waals surface area contributed by atoms with Crippen LogP contribution in [0.2, 0.25) is 0 Å². The maximum absolute atomic E-state index is 12.6. The molecule has 0 atom stereocenters. The van der Waals surface area contributed by atoms with Crippen LogP contribution in [0.4, 0.5) is 5.88 Å². The summed E-state index contributed by atoms with van der Waals surface area (Å²) in [5.41, 5.74) is 0.253. The summed E-state index contributed by atoms with van der Waals surface area (Å²) in [6.45, 7) is 2.57. The van der Waals surface area contributed by atoms with Crippen molar-refractivity contribution in [3.05, 3.63) is 24.1 Å². The van der Waals surface area contributed by atoms with Gasteiger partial charge in [0.25, 0.3) is 5.89 Å². The summed E-state index contributed by atoms with van der Waals surface area (Å²) in [5, 5.41) is 9.39. The van der Waals surface area contributed by atoms with E-state index in [-0.39, 0.29) is 11.6 Å². The molecular weight excluding hydrogens is 344 g/mol. The molecule has 0 spiro atoms. The van der Waals surface area contributed by atoms with Crippen molar-refractivity contribution in [1.82, 2.24) is 9.88 Å². The summed E-state index contributed by atoms with van der Waals surface area (Å²) < 4.78 is 11.1. The molecule has 2 fully saturated rings. The fourth-order valence-electron chi connectivity index (χ4n) is 4.03. The zero-order valence-electron chi connectivity index (χ0n) is 15.4. The standard InChI is InChI=1S/C20H24N4O3/c21-14-16-20(27-19(22-16)17-7-4-12-26-17)24-10-8-23(9-11-24)18(25)13-15-5-2-1-3-6-15/h4,7,12,15H,1-3,5-6,8-11,13H2. The summed E-state index contributed by atoms with van der Waals surface area (Å²) in [6, 6.07) is 5.60. The topological polar surface area (TPSA) is 86.5 Å². The lowest BCUT2D eigenvalue weighted by Crippen LogP contribution is -2.49. The van der Waals surface area contributed by atoms with Gasteiger partial charge in [-0.15, -0.1) is 0 Å². The van der Waals surface area contributed by atoms with Gasteiger partial charge in [-0.3, -0.25) is 4.79 Å². The maximum Gasteiger partial charge on any atom is 0.266 e. The van der Waals surface area contributed by atoms with Crippen molar-refractivity contribution in [2.45, 2.75) is 38.5 Å². The number of aromatic nitrogens is 1. The third-order valence-electron chi connectivity index (χ3n) is 5.55. The van der Waals surface area contributed by atoms with Crippen molar-refractivity contribution < 1.29 is 13.6 Å². The van der Waals surface area contributed by atoms with Gasteiger partial charge in [-0.1, -0.05) is 19.3 Å². The quantitative estimate of drug-likeness (QED) is 0.822. The third kappa shape index (κ3) is 3.85. The number of carbonyl (C=O) groups is 1. The molecule has 2 aromatic heterocycles. The fourth-order valence-corrected chi connectivity index (χ4v) is 4.03. The van der Waals surface area contributed by atoms with E-state index in [0.717, 1.165) is 0 Å². The molecule has 2 aliphatic rings. The van der Waals surface area contributed by atoms with Gasteiger partial charge in [0, 0.05) is 32.6 Å². The minimum absolute atomic E-state index is 0.253. The van der Waals surface area contributed by atoms with Crippen LogP contribution in [0.1, 0.15) is 44.2 Å². The number of hydrogen-bond acceptors (Lipinski definition) is 6. The predicted octanol–water partition coefficient (Wildman–Crippen LogP) is 3.43. The van der Waals surface area contributed by atoms with Gasteiger partial charge in [0.1, 0.15) is 6.07 Å². The maximum atomic E-state index is 12.6. The summed E-state index contributed by atoms with van der Waals surface area (Å²) in [7, 11) is 0. The van der Waals surface area contributed by atoms with Gasteiger partial charge in [-0.2, -0.15) is 10.2 Å². The van der Waals surface area contributed by atoms with Crippen molar-refractivity contribution in [3.8, 4) is 17.7 Å². The Bertz CT molecular complexity index is 807. The van der Waals surface area contributed by atoms with Gasteiger partial charge in [0.05, 0.1) is 6.26 Å². The molecule has 0 radical (unpaired) electrons. The van der Waals surface area contributed by atoms with Gasteiger partial charge in [0.2, 0.25) is 17.5 Å². The highest BCUT2D eigenvalue weighted by Gasteiger charge is 2.28. The first kappa shape index (κ1) is 17.7. The predicted molar refractivity (Wildman–Crippen MR) is 98.9 cm³/mol. The Labute approximate surface area is 158 Å². The second kappa shape index (κ2) is 7.87. The Morgan fingerprint density at radius 2 is 2.00 bits per heavy atom. The number of anilines is 1. The molecule has 1 saturated carbocycles. The lowest BCUT2D eigenvalue weighted by molar-refractivity contribution is -0.132. The summed E-state index contributed by atoms with van der Waals surface area (Å²) in [5.74, 6) is 2.08. The van der Waals surface area contributed by atoms with Crippen molar-refractivity contribution in [2.75, 3.05) is 31.1 Å². The molecule has 7 heteroatoms. The van der Waals surface area contributed by atoms with E-state index >= 15 is 0 Å². The van der Waals surface area contributed by atoms with E-state index in [0.29, 0.717) is 56.1 Å². The van der Waals surface area contributed by atoms with Crippen molar-refractivity contribution in [2.24, 2.45) is 5.92 Å². The Morgan fingerprint density at radius 1 is 1.22 bits per heavy atom. The molecule has 3 heterocycles. The molecule has 0 unspecified atom stereocenters. The number of nitriles is 1. The molecule has 142 valence electrons. The Hall–Kier alpha value is -2.75. The molecule has 1 amide bonds. The number of carbonyl (C=O) groups excluding carboxylic acids is 1. The second-order valence-corrected chi connectivity index (χ2v) is 7.34. The van der Waals surface area contributed by atoms with E-state index in [1.54, 1.807) is 18.4 Å². The minimum atomic E-state index is 0.253. The van der Waals surface area contributed by atoms with E-state index in [1.165, 1.54) is 32.1 Å². The van der Waals surface area contributed by atoms with Crippen molar-refractivity contribution in [3.63, 3.8) is 0 Å². The average Bonchev–Trinajstić information content (AvgIpc) is 3.38. The molecule has 1 aliphatic heterocycles. The van der Waals surface area contributed by atoms with E-state index in [1.807, 2.05) is 9.80 Å². The van der Waals surface area contributed by atoms with E-state index < -0.39 is 0 Å². The normalized spacial score (nSPS) is 18.5. The van der Waals surface area contributed by atoms with Gasteiger partial charge >= 0.3 is 0 Å². The zero-order valence-corrected chi connectivity index (χ0v) is 15.4. The number of amides is 1. The monoisotopic (exact) mass is 368 g/mol. The van der Waals surface area contributed by atoms with E-state index in [2.05, 4.69) is 11.1 Å². The summed E-state index contributed by atoms with van der Waals surface area (Å²) in [6.07, 6.45) is 8.41. The molecular formula is C20H24N4O3. The first-order valence-electron chi connectivity index (χ1n) is 9.72. The number of piperazine rings is 1. The van der Waals surface area contributed by atoms with Gasteiger partial charge in [0.15, 0.2) is 5.76 Å². The lowest BCUT2D eigenvalue weighted by atomic mass is 9.86. The Kier molecular flexibility index (Phi) is 5.14. The van der Waals surface area contributed by atoms with Crippen LogP contribution in [0, 0.1) is 17.2 Å². The van der Waals surface area contributed by atoms with Crippen LogP contribution >= 0.6 is 0 Å². The van der Waals surface area contributed by atoms with Crippen LogP contribution in [-0.4, -0.2) is 42.0 Å². The highest BCUT2D eigenvalue weighted by Crippen LogP contribution is 2.30. The molecule has 0 bridgehead atoms. The molecule has 1 aliphatic carbocycles. The van der Waals surface area contributed by atoms with E-state index in [4.69, 9.17) is 8.83 Å². The average molecular weight is 368 g/mol. The molecule has 4 rings (SSSR count). The van der Waals surface area contributed by atoms with Gasteiger partial charge in [-0.25, -0.2) is 0 Å². The first-order chi connectivity index (χ1) is 13.2. The summed E-state index contributed by atoms with van der Waals surface area (Å²) in [4.78, 5) is 20.8. The number of nitrogens with zero attached hydrogens (tertiary/aromatic N) is 4. The van der Waals surface area contributed by atoms with Crippen LogP contribution in [-0.2, 0) is 4.79 Å². The number of furan rings is 1. The van der Waals surface area contributed by atoms with Crippen LogP contribution in [0.3, 0.4) is 0 Å². The number of rotatable bonds is 4. The molecule has 0 aromatic carbocycles. The number of oxazole rings is 1. The largest absolute Gasteiger partial charge is 0.459 e. The zero-order chi connectivity index (χ0) is 18.6. The molecule has 7 nitrogen and oxygen atoms in total. The number of hydrogen-bond donors (Lipinski definition) is 0. The van der Waals surface area contributed by atoms with Gasteiger partial charge < -0.3 is 18.6 Å². The highest BCUT2D eigenvalue weighted by atomic mass is 16.4. The fraction of sp³-hybridized carbons (Fsp3) is 0.550. The molecule has 0 N–H and O–H groups in total. The van der Waals surface area contributed by atoms with Crippen LogP contribution in [0.25, 0.3) is 11.7 Å². The van der Waals surface area contributed by atoms with Crippen LogP contribution < -0.4 is 4.90 Å². The van der Waals surface area contributed by atoms with E-state index in [9.17, 15) is 10.1 Å². The lowest BCUT2D eigenvalue weighted by Gasteiger charge is -2.35. The SMILES string of the molecule is N#Cc1nc(-c2ccco2)oc1N1CCN(C(=O)CC2CCCCC2)CC1. The van der Waals surface area contributed by atoms with Crippen molar-refractivity contribution >= 4 is 11.8 Å². The second-order valence-electron chi connectivity index (χ2n) is 7.34. The third-order valence-corrected chi connectivity index (χ3v) is 5.55. The minimum Gasteiger partial charge on any atom is -0.459 e. The van der Waals surface area contributed by atoms with Crippen LogP contribution in [0.5, 0.6) is 0 Å². The first-order valence-corrected chi connectivity index (χ1v) is 9.72. The van der Waals surface area contributed by atoms with Crippen molar-refractivity contribution in [1.29, 1.82) is 5.26 Å². The molecule has 27 heavy (non-hydrogen) atoms. The molecule has 2 aromatic rings. The van der Waals surface area contributed by atoms with Crippen LogP contribution in [0.15, 0.2) is 27.2 Å². The van der Waals surface area contributed by atoms with Gasteiger partial charge in [-0.05, 0) is 30.9 Å². The summed E-state index contributed by atoms with van der Waals surface area (Å²) >= 11 is 0. The Balaban J connectivity index is 1.38.